The van der Waals surface area contributed by atoms with Crippen molar-refractivity contribution in [1.29, 1.82) is 0 Å². The van der Waals surface area contributed by atoms with E-state index in [2.05, 4.69) is 5.92 Å². The van der Waals surface area contributed by atoms with Gasteiger partial charge in [0.05, 0.1) is 24.7 Å². The third kappa shape index (κ3) is 5.43. The number of terminal acetylenes is 1. The molecular formula is C25H24FNO5P+. The maximum absolute atomic E-state index is 13.6. The molecule has 0 spiro atoms. The van der Waals surface area contributed by atoms with E-state index >= 15 is 0 Å². The van der Waals surface area contributed by atoms with Gasteiger partial charge in [-0.2, -0.15) is 0 Å². The number of aliphatic hydroxyl groups is 1. The number of para-hydroxylation sites is 1. The van der Waals surface area contributed by atoms with Crippen LogP contribution in [-0.2, 0) is 13.9 Å². The van der Waals surface area contributed by atoms with E-state index < -0.39 is 38.0 Å². The minimum absolute atomic E-state index is 0.108. The van der Waals surface area contributed by atoms with Gasteiger partial charge in [0.1, 0.15) is 11.9 Å². The molecule has 0 saturated carbocycles. The number of hydrogen-bond acceptors (Lipinski definition) is 6. The quantitative estimate of drug-likeness (QED) is 0.278. The second-order valence-corrected chi connectivity index (χ2v) is 9.20. The average molecular weight is 468 g/mol. The lowest BCUT2D eigenvalue weighted by Gasteiger charge is -2.19. The molecule has 3 rings (SSSR count). The predicted octanol–water partition coefficient (Wildman–Crippen LogP) is 5.21. The lowest BCUT2D eigenvalue weighted by atomic mass is 9.95. The largest absolute Gasteiger partial charge is 0.526 e. The van der Waals surface area contributed by atoms with Gasteiger partial charge in [-0.15, -0.1) is 10.9 Å². The molecule has 0 aliphatic carbocycles. The minimum atomic E-state index is -2.35. The molecule has 0 aliphatic heterocycles. The van der Waals surface area contributed by atoms with E-state index in [4.69, 9.17) is 20.7 Å². The predicted molar refractivity (Wildman–Crippen MR) is 125 cm³/mol. The summed E-state index contributed by atoms with van der Waals surface area (Å²) in [6.45, 7) is 3.82. The van der Waals surface area contributed by atoms with E-state index in [1.54, 1.807) is 12.1 Å². The van der Waals surface area contributed by atoms with Crippen LogP contribution in [0.2, 0.25) is 0 Å². The topological polar surface area (TPSA) is 85.7 Å². The fourth-order valence-corrected chi connectivity index (χ4v) is 4.21. The third-order valence-electron chi connectivity index (χ3n) is 5.09. The minimum Gasteiger partial charge on any atom is -0.424 e. The summed E-state index contributed by atoms with van der Waals surface area (Å²) in [6.07, 6.45) is 3.44. The number of esters is 1. The fourth-order valence-electron chi connectivity index (χ4n) is 3.48. The lowest BCUT2D eigenvalue weighted by molar-refractivity contribution is -0.136. The number of rotatable bonds is 8. The first-order valence-corrected chi connectivity index (χ1v) is 11.5. The first-order valence-electron chi connectivity index (χ1n) is 10.3. The monoisotopic (exact) mass is 468 g/mol. The van der Waals surface area contributed by atoms with Gasteiger partial charge in [-0.3, -0.25) is 4.79 Å². The number of benzene rings is 2. The Morgan fingerprint density at radius 2 is 1.88 bits per heavy atom. The highest BCUT2D eigenvalue weighted by Gasteiger charge is 2.38. The Labute approximate surface area is 192 Å². The second kappa shape index (κ2) is 10.6. The van der Waals surface area contributed by atoms with Crippen LogP contribution >= 0.6 is 8.03 Å². The number of halogens is 1. The van der Waals surface area contributed by atoms with Crippen molar-refractivity contribution in [2.75, 3.05) is 7.11 Å². The Hall–Kier alpha value is -3.17. The lowest BCUT2D eigenvalue weighted by Crippen LogP contribution is -2.27. The maximum atomic E-state index is 13.6. The molecule has 0 radical (unpaired) electrons. The van der Waals surface area contributed by atoms with Crippen LogP contribution in [-0.4, -0.2) is 34.9 Å². The Balaban J connectivity index is 2.09. The van der Waals surface area contributed by atoms with Crippen LogP contribution in [0.5, 0.6) is 5.75 Å². The molecule has 0 saturated heterocycles. The SMILES string of the molecule is C#CC(C(O)CC(=O)Oc1c(C(C)C)nc2ccccc2c1-c1ccc(F)cc1)[P+](=O)OC. The number of aliphatic hydroxyl groups excluding tert-OH is 1. The van der Waals surface area contributed by atoms with Gasteiger partial charge in [-0.25, -0.2) is 9.37 Å². The Morgan fingerprint density at radius 3 is 2.48 bits per heavy atom. The normalized spacial score (nSPS) is 13.4. The van der Waals surface area contributed by atoms with Crippen molar-refractivity contribution >= 4 is 24.9 Å². The molecule has 0 fully saturated rings. The number of aromatic nitrogens is 1. The smallest absolute Gasteiger partial charge is 0.424 e. The van der Waals surface area contributed by atoms with Crippen LogP contribution in [0.25, 0.3) is 22.0 Å². The van der Waals surface area contributed by atoms with Crippen molar-refractivity contribution in [2.45, 2.75) is 37.9 Å². The fraction of sp³-hybridized carbons (Fsp3) is 0.280. The number of pyridine rings is 1. The average Bonchev–Trinajstić information content (AvgIpc) is 2.79. The van der Waals surface area contributed by atoms with Crippen LogP contribution in [0.4, 0.5) is 4.39 Å². The summed E-state index contributed by atoms with van der Waals surface area (Å²) < 4.78 is 36.0. The molecule has 3 aromatic rings. The second-order valence-electron chi connectivity index (χ2n) is 7.70. The summed E-state index contributed by atoms with van der Waals surface area (Å²) >= 11 is 0. The van der Waals surface area contributed by atoms with Gasteiger partial charge in [0.25, 0.3) is 5.66 Å². The molecule has 1 N–H and O–H groups in total. The van der Waals surface area contributed by atoms with E-state index in [1.807, 2.05) is 38.1 Å². The molecule has 33 heavy (non-hydrogen) atoms. The van der Waals surface area contributed by atoms with E-state index in [9.17, 15) is 18.9 Å². The number of carbonyl (C=O) groups is 1. The molecule has 0 aliphatic rings. The van der Waals surface area contributed by atoms with Crippen molar-refractivity contribution in [3.05, 3.63) is 60.0 Å². The zero-order valence-corrected chi connectivity index (χ0v) is 19.4. The van der Waals surface area contributed by atoms with Crippen molar-refractivity contribution in [3.8, 4) is 29.2 Å². The van der Waals surface area contributed by atoms with Crippen LogP contribution in [0.1, 0.15) is 31.9 Å². The van der Waals surface area contributed by atoms with Gasteiger partial charge in [-0.05, 0) is 40.2 Å². The van der Waals surface area contributed by atoms with Gasteiger partial charge in [0.15, 0.2) is 5.75 Å². The zero-order chi connectivity index (χ0) is 24.1. The summed E-state index contributed by atoms with van der Waals surface area (Å²) in [7, 11) is -1.14. The highest BCUT2D eigenvalue weighted by Crippen LogP contribution is 2.41. The van der Waals surface area contributed by atoms with E-state index in [0.29, 0.717) is 22.3 Å². The number of hydrogen-bond donors (Lipinski definition) is 1. The highest BCUT2D eigenvalue weighted by atomic mass is 31.1. The number of carbonyl (C=O) groups excluding carboxylic acids is 1. The van der Waals surface area contributed by atoms with Crippen LogP contribution in [0, 0.1) is 18.2 Å². The van der Waals surface area contributed by atoms with Gasteiger partial charge in [0, 0.05) is 10.9 Å². The highest BCUT2D eigenvalue weighted by molar-refractivity contribution is 7.40. The van der Waals surface area contributed by atoms with E-state index in [1.165, 1.54) is 19.2 Å². The van der Waals surface area contributed by atoms with Gasteiger partial charge in [0.2, 0.25) is 0 Å². The Morgan fingerprint density at radius 1 is 1.21 bits per heavy atom. The number of ether oxygens (including phenoxy) is 1. The molecule has 0 bridgehead atoms. The molecule has 2 aromatic carbocycles. The maximum Gasteiger partial charge on any atom is 0.526 e. The molecular weight excluding hydrogens is 444 g/mol. The molecule has 8 heteroatoms. The first kappa shape index (κ1) is 24.5. The molecule has 6 nitrogen and oxygen atoms in total. The standard InChI is InChI=1S/C25H24FNO5P/c1-5-21(33(30)31-4)20(28)14-22(29)32-25-23(16-10-12-17(26)13-11-16)18-8-6-7-9-19(18)27-24(25)15(2)3/h1,6-13,15,20-21,28H,14H2,2-4H3/q+1. The third-order valence-corrected chi connectivity index (χ3v) is 6.40. The molecule has 170 valence electrons. The van der Waals surface area contributed by atoms with Gasteiger partial charge >= 0.3 is 14.0 Å². The Bertz CT molecular complexity index is 1220. The van der Waals surface area contributed by atoms with Crippen molar-refractivity contribution < 1.29 is 28.1 Å². The summed E-state index contributed by atoms with van der Waals surface area (Å²) in [4.78, 5) is 17.5. The van der Waals surface area contributed by atoms with E-state index in [0.717, 1.165) is 5.39 Å². The summed E-state index contributed by atoms with van der Waals surface area (Å²) in [5.41, 5.74) is 1.30. The summed E-state index contributed by atoms with van der Waals surface area (Å²) in [5, 5.41) is 11.1. The van der Waals surface area contributed by atoms with Crippen LogP contribution in [0.15, 0.2) is 48.5 Å². The van der Waals surface area contributed by atoms with Crippen molar-refractivity contribution in [2.24, 2.45) is 0 Å². The summed E-state index contributed by atoms with van der Waals surface area (Å²) in [5.74, 6) is 1.15. The molecule has 3 atom stereocenters. The number of nitrogens with zero attached hydrogens (tertiary/aromatic N) is 1. The first-order chi connectivity index (χ1) is 15.8. The van der Waals surface area contributed by atoms with Crippen molar-refractivity contribution in [1.82, 2.24) is 4.98 Å². The molecule has 1 aromatic heterocycles. The Kier molecular flexibility index (Phi) is 7.88. The zero-order valence-electron chi connectivity index (χ0n) is 18.5. The van der Waals surface area contributed by atoms with Gasteiger partial charge < -0.3 is 9.84 Å². The van der Waals surface area contributed by atoms with Gasteiger partial charge in [-0.1, -0.05) is 44.2 Å². The number of fused-ring (bicyclic) bond motifs is 1. The van der Waals surface area contributed by atoms with Crippen molar-refractivity contribution in [3.63, 3.8) is 0 Å². The van der Waals surface area contributed by atoms with Crippen LogP contribution < -0.4 is 4.74 Å². The summed E-state index contributed by atoms with van der Waals surface area (Å²) in [6, 6.07) is 13.2. The molecule has 0 amide bonds. The van der Waals surface area contributed by atoms with Crippen LogP contribution in [0.3, 0.4) is 0 Å². The van der Waals surface area contributed by atoms with E-state index in [-0.39, 0.29) is 11.7 Å². The molecule has 1 heterocycles. The molecule has 3 unspecified atom stereocenters.